The summed E-state index contributed by atoms with van der Waals surface area (Å²) in [6.07, 6.45) is 0. The molecule has 3 aromatic rings. The number of nitrogens with one attached hydrogen (secondary N) is 1. The maximum atomic E-state index is 13.7. The van der Waals surface area contributed by atoms with Crippen LogP contribution in [0.3, 0.4) is 0 Å². The van der Waals surface area contributed by atoms with Gasteiger partial charge >= 0.3 is 5.97 Å². The zero-order valence-electron chi connectivity index (χ0n) is 21.8. The van der Waals surface area contributed by atoms with Crippen LogP contribution in [0.5, 0.6) is 11.5 Å². The molecule has 0 spiro atoms. The topological polar surface area (TPSA) is 73.9 Å². The molecule has 0 amide bonds. The van der Waals surface area contributed by atoms with Crippen molar-refractivity contribution in [1.82, 2.24) is 5.32 Å². The molecule has 1 aliphatic carbocycles. The van der Waals surface area contributed by atoms with Crippen molar-refractivity contribution in [3.63, 3.8) is 0 Å². The van der Waals surface area contributed by atoms with E-state index in [4.69, 9.17) is 14.2 Å². The lowest BCUT2D eigenvalue weighted by molar-refractivity contribution is -0.138. The molecular formula is C31H27BrFNO5. The third-order valence-corrected chi connectivity index (χ3v) is 7.27. The smallest absolute Gasteiger partial charge is 0.336 e. The van der Waals surface area contributed by atoms with Crippen molar-refractivity contribution in [2.24, 2.45) is 0 Å². The van der Waals surface area contributed by atoms with Gasteiger partial charge in [-0.05, 0) is 72.1 Å². The van der Waals surface area contributed by atoms with Crippen LogP contribution in [0.25, 0.3) is 5.70 Å². The van der Waals surface area contributed by atoms with E-state index in [0.717, 1.165) is 5.56 Å². The van der Waals surface area contributed by atoms with Gasteiger partial charge in [-0.25, -0.2) is 9.18 Å². The number of carbonyl (C=O) groups excluding carboxylic acids is 2. The summed E-state index contributed by atoms with van der Waals surface area (Å²) in [6, 6.07) is 17.2. The maximum Gasteiger partial charge on any atom is 0.336 e. The number of dihydropyridines is 1. The quantitative estimate of drug-likeness (QED) is 0.294. The number of ether oxygens (including phenoxy) is 3. The molecule has 0 unspecified atom stereocenters. The summed E-state index contributed by atoms with van der Waals surface area (Å²) in [7, 11) is 0. The van der Waals surface area contributed by atoms with Gasteiger partial charge in [0.25, 0.3) is 0 Å². The summed E-state index contributed by atoms with van der Waals surface area (Å²) in [5.74, 6) is -0.819. The SMILES string of the molecule is CCOC(=O)C1=C(C)NC2=C(C(=O)c3ccccc32)[C@@H]1c1cc(Br)c(OCc2cccc(F)c2)c(OCC)c1. The molecule has 2 aliphatic rings. The third kappa shape index (κ3) is 4.96. The fourth-order valence-electron chi connectivity index (χ4n) is 5.08. The summed E-state index contributed by atoms with van der Waals surface area (Å²) in [5, 5.41) is 3.30. The molecule has 1 N–H and O–H groups in total. The number of Topliss-reactive ketones (excluding diaryl/α,β-unsaturated/α-hetero) is 1. The molecule has 0 fully saturated rings. The molecule has 1 atom stereocenters. The van der Waals surface area contributed by atoms with Gasteiger partial charge in [-0.15, -0.1) is 0 Å². The monoisotopic (exact) mass is 591 g/mol. The number of allylic oxidation sites excluding steroid dienone is 2. The Balaban J connectivity index is 1.62. The number of benzene rings is 3. The highest BCUT2D eigenvalue weighted by Gasteiger charge is 2.43. The van der Waals surface area contributed by atoms with E-state index >= 15 is 0 Å². The fourth-order valence-corrected chi connectivity index (χ4v) is 5.66. The number of ketones is 1. The Morgan fingerprint density at radius 3 is 2.49 bits per heavy atom. The highest BCUT2D eigenvalue weighted by Crippen LogP contribution is 2.49. The highest BCUT2D eigenvalue weighted by atomic mass is 79.9. The maximum absolute atomic E-state index is 13.7. The summed E-state index contributed by atoms with van der Waals surface area (Å²) in [6.45, 7) is 6.09. The van der Waals surface area contributed by atoms with E-state index in [1.165, 1.54) is 12.1 Å². The van der Waals surface area contributed by atoms with Gasteiger partial charge in [0.1, 0.15) is 12.4 Å². The third-order valence-electron chi connectivity index (χ3n) is 6.68. The van der Waals surface area contributed by atoms with Crippen LogP contribution in [0.4, 0.5) is 4.39 Å². The minimum Gasteiger partial charge on any atom is -0.490 e. The first-order valence-electron chi connectivity index (χ1n) is 12.7. The number of halogens is 2. The Kier molecular flexibility index (Phi) is 7.57. The first-order valence-corrected chi connectivity index (χ1v) is 13.5. The van der Waals surface area contributed by atoms with E-state index in [1.54, 1.807) is 31.2 Å². The van der Waals surface area contributed by atoms with Gasteiger partial charge in [0, 0.05) is 28.3 Å². The molecule has 1 aliphatic heterocycles. The first kappa shape index (κ1) is 26.7. The van der Waals surface area contributed by atoms with Crippen molar-refractivity contribution >= 4 is 33.4 Å². The predicted octanol–water partition coefficient (Wildman–Crippen LogP) is 6.70. The number of hydrogen-bond donors (Lipinski definition) is 1. The van der Waals surface area contributed by atoms with Crippen LogP contribution in [0, 0.1) is 5.82 Å². The summed E-state index contributed by atoms with van der Waals surface area (Å²) >= 11 is 3.61. The van der Waals surface area contributed by atoms with Gasteiger partial charge in [0.2, 0.25) is 0 Å². The van der Waals surface area contributed by atoms with E-state index in [2.05, 4.69) is 21.2 Å². The lowest BCUT2D eigenvalue weighted by atomic mass is 9.79. The minimum absolute atomic E-state index is 0.124. The van der Waals surface area contributed by atoms with Crippen LogP contribution in [-0.4, -0.2) is 25.0 Å². The molecule has 5 rings (SSSR count). The Morgan fingerprint density at radius 2 is 1.77 bits per heavy atom. The molecule has 0 saturated heterocycles. The number of hydrogen-bond acceptors (Lipinski definition) is 6. The van der Waals surface area contributed by atoms with Gasteiger partial charge in [0.15, 0.2) is 17.3 Å². The van der Waals surface area contributed by atoms with E-state index in [-0.39, 0.29) is 24.8 Å². The zero-order valence-corrected chi connectivity index (χ0v) is 23.4. The molecule has 1 heterocycles. The average molecular weight is 592 g/mol. The molecule has 0 aromatic heterocycles. The second-order valence-corrected chi connectivity index (χ2v) is 10.0. The van der Waals surface area contributed by atoms with Crippen LogP contribution in [0.2, 0.25) is 0 Å². The van der Waals surface area contributed by atoms with Gasteiger partial charge in [-0.3, -0.25) is 4.79 Å². The Labute approximate surface area is 234 Å². The van der Waals surface area contributed by atoms with Crippen molar-refractivity contribution in [2.75, 3.05) is 13.2 Å². The molecule has 200 valence electrons. The van der Waals surface area contributed by atoms with Crippen LogP contribution >= 0.6 is 15.9 Å². The summed E-state index contributed by atoms with van der Waals surface area (Å²) in [4.78, 5) is 27.0. The van der Waals surface area contributed by atoms with Crippen molar-refractivity contribution in [3.8, 4) is 11.5 Å². The van der Waals surface area contributed by atoms with Crippen molar-refractivity contribution in [2.45, 2.75) is 33.3 Å². The molecule has 0 radical (unpaired) electrons. The van der Waals surface area contributed by atoms with Gasteiger partial charge in [-0.1, -0.05) is 36.4 Å². The second kappa shape index (κ2) is 11.1. The number of esters is 1. The first-order chi connectivity index (χ1) is 18.8. The zero-order chi connectivity index (χ0) is 27.7. The van der Waals surface area contributed by atoms with Gasteiger partial charge in [0.05, 0.1) is 29.0 Å². The van der Waals surface area contributed by atoms with Crippen LogP contribution in [-0.2, 0) is 16.1 Å². The number of fused-ring (bicyclic) bond motifs is 2. The molecule has 0 saturated carbocycles. The predicted molar refractivity (Wildman–Crippen MR) is 149 cm³/mol. The van der Waals surface area contributed by atoms with Crippen LogP contribution < -0.4 is 14.8 Å². The fraction of sp³-hybridized carbons (Fsp3) is 0.226. The standard InChI is InChI=1S/C31H27BrFNO5/c1-4-37-24-15-19(14-23(32)30(24)39-16-18-9-8-10-20(33)13-18)26-25(31(36)38-5-2)17(3)34-28-21-11-6-7-12-22(21)29(35)27(26)28/h6-15,26,34H,4-5,16H2,1-3H3/t26-/m1/s1. The number of carbonyl (C=O) groups is 2. The lowest BCUT2D eigenvalue weighted by Gasteiger charge is -2.30. The minimum atomic E-state index is -0.701. The summed E-state index contributed by atoms with van der Waals surface area (Å²) < 4.78 is 31.7. The van der Waals surface area contributed by atoms with Crippen LogP contribution in [0.15, 0.2) is 82.0 Å². The van der Waals surface area contributed by atoms with Crippen molar-refractivity contribution < 1.29 is 28.2 Å². The molecule has 39 heavy (non-hydrogen) atoms. The summed E-state index contributed by atoms with van der Waals surface area (Å²) in [5.41, 5.74) is 4.85. The van der Waals surface area contributed by atoms with E-state index in [0.29, 0.717) is 61.8 Å². The molecule has 3 aromatic carbocycles. The Bertz CT molecular complexity index is 1540. The van der Waals surface area contributed by atoms with E-state index in [1.807, 2.05) is 38.1 Å². The molecule has 8 heteroatoms. The normalized spacial score (nSPS) is 16.0. The van der Waals surface area contributed by atoms with Gasteiger partial charge < -0.3 is 19.5 Å². The van der Waals surface area contributed by atoms with Crippen LogP contribution in [0.1, 0.15) is 53.7 Å². The largest absolute Gasteiger partial charge is 0.490 e. The molecule has 0 bridgehead atoms. The molecular weight excluding hydrogens is 565 g/mol. The number of rotatable bonds is 8. The average Bonchev–Trinajstić information content (AvgIpc) is 3.19. The lowest BCUT2D eigenvalue weighted by Crippen LogP contribution is -2.29. The van der Waals surface area contributed by atoms with Crippen molar-refractivity contribution in [3.05, 3.63) is 110 Å². The Morgan fingerprint density at radius 1 is 1.00 bits per heavy atom. The second-order valence-electron chi connectivity index (χ2n) is 9.16. The Hall–Kier alpha value is -3.91. The highest BCUT2D eigenvalue weighted by molar-refractivity contribution is 9.10. The van der Waals surface area contributed by atoms with Gasteiger partial charge in [-0.2, -0.15) is 0 Å². The van der Waals surface area contributed by atoms with E-state index in [9.17, 15) is 14.0 Å². The molecule has 6 nitrogen and oxygen atoms in total. The van der Waals surface area contributed by atoms with E-state index < -0.39 is 11.9 Å². The van der Waals surface area contributed by atoms with Crippen molar-refractivity contribution in [1.29, 1.82) is 0 Å².